The minimum absolute atomic E-state index is 0.240. The van der Waals surface area contributed by atoms with Gasteiger partial charge in [0.05, 0.1) is 6.61 Å². The van der Waals surface area contributed by atoms with Gasteiger partial charge in [0.25, 0.3) is 0 Å². The Kier molecular flexibility index (Phi) is 4.77. The lowest BCUT2D eigenvalue weighted by atomic mass is 10.9. The molecule has 1 amide bonds. The number of nitrogens with one attached hydrogen (secondary N) is 1. The van der Waals surface area contributed by atoms with Crippen molar-refractivity contribution in [3.05, 3.63) is 0 Å². The molecule has 8 nitrogen and oxygen atoms in total. The van der Waals surface area contributed by atoms with E-state index in [0.29, 0.717) is 0 Å². The number of hydrogen-bond acceptors (Lipinski definition) is 3. The fourth-order valence-electron chi connectivity index (χ4n) is 0.424. The molecule has 0 unspecified atom stereocenters. The molecule has 0 heterocycles. The molecule has 0 spiro atoms. The third kappa shape index (κ3) is 6.41. The van der Waals surface area contributed by atoms with Gasteiger partial charge < -0.3 is 21.9 Å². The third-order valence-electron chi connectivity index (χ3n) is 0.781. The number of hydrogen-bond donors (Lipinski definition) is 4. The highest BCUT2D eigenvalue weighted by atomic mass is 16.5. The van der Waals surface area contributed by atoms with Crippen molar-refractivity contribution in [3.8, 4) is 0 Å². The fourth-order valence-corrected chi connectivity index (χ4v) is 0.424. The monoisotopic (exact) mass is 188 g/mol. The highest BCUT2D eigenvalue weighted by molar-refractivity contribution is 5.92. The van der Waals surface area contributed by atoms with Crippen LogP contribution in [0.5, 0.6) is 0 Å². The minimum Gasteiger partial charge on any atom is -0.449 e. The van der Waals surface area contributed by atoms with Crippen LogP contribution in [0, 0.1) is 0 Å². The van der Waals surface area contributed by atoms with E-state index in [-0.39, 0.29) is 18.5 Å². The van der Waals surface area contributed by atoms with E-state index in [1.807, 2.05) is 5.43 Å². The fraction of sp³-hybridized carbons (Fsp3) is 0.400. The molecular weight excluding hydrogens is 176 g/mol. The van der Waals surface area contributed by atoms with E-state index in [1.54, 1.807) is 6.92 Å². The molecule has 0 aliphatic carbocycles. The lowest BCUT2D eigenvalue weighted by Crippen LogP contribution is -2.28. The van der Waals surface area contributed by atoms with Crippen LogP contribution in [0.4, 0.5) is 4.79 Å². The van der Waals surface area contributed by atoms with Gasteiger partial charge in [0.2, 0.25) is 5.96 Å². The average molecular weight is 188 g/mol. The summed E-state index contributed by atoms with van der Waals surface area (Å²) >= 11 is 0. The number of hydrazone groups is 1. The van der Waals surface area contributed by atoms with Crippen LogP contribution < -0.4 is 22.6 Å². The second kappa shape index (κ2) is 5.63. The Morgan fingerprint density at radius 2 is 2.08 bits per heavy atom. The van der Waals surface area contributed by atoms with Gasteiger partial charge in [0.15, 0.2) is 5.96 Å². The SMILES string of the molecule is CCOC(=O)NN=C(N)N=C(N)N. The normalized spacial score (nSPS) is 10.4. The summed E-state index contributed by atoms with van der Waals surface area (Å²) in [6.07, 6.45) is -0.726. The molecule has 0 aromatic carbocycles. The van der Waals surface area contributed by atoms with Crippen LogP contribution in [-0.2, 0) is 4.74 Å². The summed E-state index contributed by atoms with van der Waals surface area (Å²) in [7, 11) is 0. The maximum atomic E-state index is 10.6. The van der Waals surface area contributed by atoms with Gasteiger partial charge in [-0.1, -0.05) is 0 Å². The van der Waals surface area contributed by atoms with E-state index in [0.717, 1.165) is 0 Å². The Hall–Kier alpha value is -1.99. The van der Waals surface area contributed by atoms with Crippen LogP contribution in [-0.4, -0.2) is 24.6 Å². The second-order valence-corrected chi connectivity index (χ2v) is 1.84. The van der Waals surface area contributed by atoms with Crippen molar-refractivity contribution in [1.82, 2.24) is 5.43 Å². The standard InChI is InChI=1S/C5H12N6O2/c1-2-13-5(12)11-10-4(8)9-3(6)7/h2H2,1H3,(H,11,12)(H6,6,7,8,9,10). The van der Waals surface area contributed by atoms with E-state index in [1.165, 1.54) is 0 Å². The van der Waals surface area contributed by atoms with Gasteiger partial charge in [-0.25, -0.2) is 10.2 Å². The van der Waals surface area contributed by atoms with Crippen LogP contribution in [0.2, 0.25) is 0 Å². The number of nitrogens with zero attached hydrogens (tertiary/aromatic N) is 2. The second-order valence-electron chi connectivity index (χ2n) is 1.84. The number of carbonyl (C=O) groups excluding carboxylic acids is 1. The first kappa shape index (κ1) is 11.0. The number of rotatable bonds is 2. The van der Waals surface area contributed by atoms with Gasteiger partial charge in [0.1, 0.15) is 0 Å². The van der Waals surface area contributed by atoms with Gasteiger partial charge in [-0.15, -0.1) is 5.10 Å². The highest BCUT2D eigenvalue weighted by Crippen LogP contribution is 1.76. The Balaban J connectivity index is 3.97. The van der Waals surface area contributed by atoms with E-state index < -0.39 is 6.09 Å². The van der Waals surface area contributed by atoms with Crippen LogP contribution >= 0.6 is 0 Å². The molecule has 13 heavy (non-hydrogen) atoms. The van der Waals surface area contributed by atoms with Crippen molar-refractivity contribution < 1.29 is 9.53 Å². The maximum absolute atomic E-state index is 10.6. The zero-order valence-electron chi connectivity index (χ0n) is 7.15. The van der Waals surface area contributed by atoms with Crippen LogP contribution in [0.3, 0.4) is 0 Å². The van der Waals surface area contributed by atoms with Crippen LogP contribution in [0.25, 0.3) is 0 Å². The average Bonchev–Trinajstić information content (AvgIpc) is 2.00. The third-order valence-corrected chi connectivity index (χ3v) is 0.781. The summed E-state index contributed by atoms with van der Waals surface area (Å²) in [5, 5.41) is 3.31. The molecule has 0 aromatic rings. The molecule has 0 fully saturated rings. The zero-order valence-corrected chi connectivity index (χ0v) is 7.15. The number of carbonyl (C=O) groups is 1. The summed E-state index contributed by atoms with van der Waals surface area (Å²) in [6.45, 7) is 1.90. The predicted octanol–water partition coefficient (Wildman–Crippen LogP) is -1.76. The predicted molar refractivity (Wildman–Crippen MR) is 47.6 cm³/mol. The number of amides is 1. The number of aliphatic imine (C=N–C) groups is 1. The van der Waals surface area contributed by atoms with Gasteiger partial charge in [-0.3, -0.25) is 0 Å². The molecule has 0 aliphatic heterocycles. The number of ether oxygens (including phenoxy) is 1. The van der Waals surface area contributed by atoms with Gasteiger partial charge in [-0.05, 0) is 6.92 Å². The Bertz CT molecular complexity index is 231. The van der Waals surface area contributed by atoms with Crippen molar-refractivity contribution in [2.24, 2.45) is 27.3 Å². The molecule has 0 rings (SSSR count). The van der Waals surface area contributed by atoms with Crippen molar-refractivity contribution in [1.29, 1.82) is 0 Å². The Morgan fingerprint density at radius 1 is 1.46 bits per heavy atom. The Labute approximate surface area is 74.8 Å². The van der Waals surface area contributed by atoms with E-state index in [2.05, 4.69) is 14.8 Å². The van der Waals surface area contributed by atoms with E-state index in [9.17, 15) is 4.79 Å². The van der Waals surface area contributed by atoms with Crippen molar-refractivity contribution in [2.75, 3.05) is 6.61 Å². The van der Waals surface area contributed by atoms with Gasteiger partial charge >= 0.3 is 6.09 Å². The van der Waals surface area contributed by atoms with E-state index >= 15 is 0 Å². The highest BCUT2D eigenvalue weighted by Gasteiger charge is 1.97. The first-order chi connectivity index (χ1) is 6.06. The van der Waals surface area contributed by atoms with Crippen LogP contribution in [0.1, 0.15) is 6.92 Å². The number of guanidine groups is 2. The molecule has 0 saturated carbocycles. The molecule has 0 radical (unpaired) electrons. The Morgan fingerprint density at radius 3 is 2.54 bits per heavy atom. The molecule has 74 valence electrons. The summed E-state index contributed by atoms with van der Waals surface area (Å²) in [6, 6.07) is 0. The van der Waals surface area contributed by atoms with Crippen LogP contribution in [0.15, 0.2) is 10.1 Å². The van der Waals surface area contributed by atoms with Crippen molar-refractivity contribution >= 4 is 18.0 Å². The van der Waals surface area contributed by atoms with Gasteiger partial charge in [0, 0.05) is 0 Å². The minimum atomic E-state index is -0.726. The van der Waals surface area contributed by atoms with Gasteiger partial charge in [-0.2, -0.15) is 4.99 Å². The lowest BCUT2D eigenvalue weighted by molar-refractivity contribution is 0.152. The maximum Gasteiger partial charge on any atom is 0.427 e. The first-order valence-electron chi connectivity index (χ1n) is 3.41. The topological polar surface area (TPSA) is 141 Å². The molecule has 0 aromatic heterocycles. The summed E-state index contributed by atoms with van der Waals surface area (Å²) in [5.74, 6) is -0.500. The largest absolute Gasteiger partial charge is 0.449 e. The summed E-state index contributed by atoms with van der Waals surface area (Å²) < 4.78 is 4.47. The zero-order chi connectivity index (χ0) is 10.3. The lowest BCUT2D eigenvalue weighted by Gasteiger charge is -1.99. The molecule has 0 atom stereocenters. The molecule has 0 aliphatic rings. The smallest absolute Gasteiger partial charge is 0.427 e. The quantitative estimate of drug-likeness (QED) is 0.230. The first-order valence-corrected chi connectivity index (χ1v) is 3.41. The van der Waals surface area contributed by atoms with Crippen molar-refractivity contribution in [3.63, 3.8) is 0 Å². The summed E-state index contributed by atoms with van der Waals surface area (Å²) in [4.78, 5) is 14.0. The number of nitrogens with two attached hydrogens (primary N) is 3. The van der Waals surface area contributed by atoms with E-state index in [4.69, 9.17) is 17.2 Å². The molecular formula is C5H12N6O2. The molecule has 7 N–H and O–H groups in total. The molecule has 8 heteroatoms. The van der Waals surface area contributed by atoms with Crippen molar-refractivity contribution in [2.45, 2.75) is 6.92 Å². The molecule has 0 bridgehead atoms. The summed E-state index contributed by atoms with van der Waals surface area (Å²) in [5.41, 5.74) is 17.1. The molecule has 0 saturated heterocycles.